The first-order valence-electron chi connectivity index (χ1n) is 8.88. The van der Waals surface area contributed by atoms with Crippen LogP contribution in [0.25, 0.3) is 10.9 Å². The van der Waals surface area contributed by atoms with Crippen LogP contribution in [0.5, 0.6) is 5.75 Å². The molecular formula is C20H20ClN3O4. The van der Waals surface area contributed by atoms with Crippen molar-refractivity contribution >= 4 is 28.4 Å². The zero-order chi connectivity index (χ0) is 20.1. The first-order valence-corrected chi connectivity index (χ1v) is 9.26. The molecule has 3 rings (SSSR count). The Hall–Kier alpha value is -3.06. The highest BCUT2D eigenvalue weighted by molar-refractivity contribution is 6.30. The Balaban J connectivity index is 1.68. The molecule has 0 saturated heterocycles. The average molecular weight is 402 g/mol. The molecule has 3 aromatic rings. The standard InChI is InChI=1S/C20H20ClN3O4/c1-2-23-19(26)16-5-3-4-6-17(16)24(20(23)27)13-18(25)22-11-12-28-15-9-7-14(21)8-10-15/h3-10H,2,11-13H2,1H3,(H,22,25). The maximum atomic E-state index is 12.6. The van der Waals surface area contributed by atoms with Crippen LogP contribution in [0.3, 0.4) is 0 Å². The number of hydrogen-bond donors (Lipinski definition) is 1. The van der Waals surface area contributed by atoms with E-state index in [0.29, 0.717) is 21.7 Å². The van der Waals surface area contributed by atoms with Crippen LogP contribution in [0.15, 0.2) is 58.1 Å². The zero-order valence-corrected chi connectivity index (χ0v) is 16.1. The van der Waals surface area contributed by atoms with Gasteiger partial charge in [0.2, 0.25) is 5.91 Å². The summed E-state index contributed by atoms with van der Waals surface area (Å²) in [5, 5.41) is 3.74. The SMILES string of the molecule is CCn1c(=O)c2ccccc2n(CC(=O)NCCOc2ccc(Cl)cc2)c1=O. The second-order valence-electron chi connectivity index (χ2n) is 6.09. The highest BCUT2D eigenvalue weighted by atomic mass is 35.5. The fraction of sp³-hybridized carbons (Fsp3) is 0.250. The summed E-state index contributed by atoms with van der Waals surface area (Å²) >= 11 is 5.82. The van der Waals surface area contributed by atoms with E-state index in [0.717, 1.165) is 4.57 Å². The maximum Gasteiger partial charge on any atom is 0.331 e. The van der Waals surface area contributed by atoms with Crippen molar-refractivity contribution in [3.05, 3.63) is 74.4 Å². The van der Waals surface area contributed by atoms with E-state index < -0.39 is 5.69 Å². The number of hydrogen-bond acceptors (Lipinski definition) is 4. The lowest BCUT2D eigenvalue weighted by Gasteiger charge is -2.13. The fourth-order valence-corrected chi connectivity index (χ4v) is 3.02. The van der Waals surface area contributed by atoms with Gasteiger partial charge in [0, 0.05) is 11.6 Å². The summed E-state index contributed by atoms with van der Waals surface area (Å²) in [5.74, 6) is 0.309. The Morgan fingerprint density at radius 1 is 1.07 bits per heavy atom. The molecule has 8 heteroatoms. The first-order chi connectivity index (χ1) is 13.5. The van der Waals surface area contributed by atoms with Gasteiger partial charge in [0.25, 0.3) is 5.56 Å². The predicted molar refractivity (Wildman–Crippen MR) is 108 cm³/mol. The van der Waals surface area contributed by atoms with Crippen LogP contribution in [-0.2, 0) is 17.9 Å². The molecule has 28 heavy (non-hydrogen) atoms. The van der Waals surface area contributed by atoms with Gasteiger partial charge in [-0.05, 0) is 43.3 Å². The van der Waals surface area contributed by atoms with Crippen molar-refractivity contribution < 1.29 is 9.53 Å². The van der Waals surface area contributed by atoms with Crippen molar-refractivity contribution in [1.82, 2.24) is 14.5 Å². The largest absolute Gasteiger partial charge is 0.492 e. The molecule has 1 aromatic heterocycles. The molecule has 0 aliphatic heterocycles. The molecule has 0 bridgehead atoms. The molecule has 1 amide bonds. The number of para-hydroxylation sites is 1. The Bertz CT molecular complexity index is 1100. The van der Waals surface area contributed by atoms with Gasteiger partial charge in [-0.2, -0.15) is 0 Å². The summed E-state index contributed by atoms with van der Waals surface area (Å²) in [6.07, 6.45) is 0. The van der Waals surface area contributed by atoms with Crippen molar-refractivity contribution in [2.24, 2.45) is 0 Å². The van der Waals surface area contributed by atoms with Crippen molar-refractivity contribution in [2.45, 2.75) is 20.0 Å². The van der Waals surface area contributed by atoms with Crippen LogP contribution >= 0.6 is 11.6 Å². The van der Waals surface area contributed by atoms with Gasteiger partial charge in [-0.1, -0.05) is 23.7 Å². The first kappa shape index (κ1) is 19.7. The molecule has 1 heterocycles. The zero-order valence-electron chi connectivity index (χ0n) is 15.4. The molecule has 0 radical (unpaired) electrons. The fourth-order valence-electron chi connectivity index (χ4n) is 2.89. The van der Waals surface area contributed by atoms with Gasteiger partial charge in [0.1, 0.15) is 18.9 Å². The molecule has 0 atom stereocenters. The number of fused-ring (bicyclic) bond motifs is 1. The van der Waals surface area contributed by atoms with Crippen LogP contribution in [-0.4, -0.2) is 28.2 Å². The Kier molecular flexibility index (Phi) is 6.16. The molecule has 0 aliphatic rings. The van der Waals surface area contributed by atoms with Gasteiger partial charge < -0.3 is 10.1 Å². The van der Waals surface area contributed by atoms with Crippen molar-refractivity contribution in [2.75, 3.05) is 13.2 Å². The third kappa shape index (κ3) is 4.26. The van der Waals surface area contributed by atoms with E-state index >= 15 is 0 Å². The number of nitrogens with one attached hydrogen (secondary N) is 1. The second-order valence-corrected chi connectivity index (χ2v) is 6.52. The van der Waals surface area contributed by atoms with E-state index in [2.05, 4.69) is 5.32 Å². The van der Waals surface area contributed by atoms with Crippen LogP contribution in [0.2, 0.25) is 5.02 Å². The maximum absolute atomic E-state index is 12.6. The van der Waals surface area contributed by atoms with E-state index in [4.69, 9.17) is 16.3 Å². The van der Waals surface area contributed by atoms with E-state index in [9.17, 15) is 14.4 Å². The summed E-state index contributed by atoms with van der Waals surface area (Å²) in [7, 11) is 0. The third-order valence-electron chi connectivity index (χ3n) is 4.26. The number of halogens is 1. The molecule has 0 aliphatic carbocycles. The highest BCUT2D eigenvalue weighted by Gasteiger charge is 2.14. The molecule has 2 aromatic carbocycles. The molecular weight excluding hydrogens is 382 g/mol. The lowest BCUT2D eigenvalue weighted by molar-refractivity contribution is -0.121. The molecule has 0 fully saturated rings. The molecule has 146 valence electrons. The topological polar surface area (TPSA) is 82.3 Å². The predicted octanol–water partition coefficient (Wildman–Crippen LogP) is 2.03. The number of ether oxygens (including phenoxy) is 1. The Labute approximate surface area is 166 Å². The Morgan fingerprint density at radius 3 is 2.50 bits per heavy atom. The van der Waals surface area contributed by atoms with Crippen LogP contribution in [0.4, 0.5) is 0 Å². The summed E-state index contributed by atoms with van der Waals surface area (Å²) in [6, 6.07) is 13.7. The lowest BCUT2D eigenvalue weighted by atomic mass is 10.2. The van der Waals surface area contributed by atoms with E-state index in [-0.39, 0.29) is 37.7 Å². The Morgan fingerprint density at radius 2 is 1.79 bits per heavy atom. The van der Waals surface area contributed by atoms with Crippen LogP contribution in [0, 0.1) is 0 Å². The van der Waals surface area contributed by atoms with Gasteiger partial charge in [0.15, 0.2) is 0 Å². The number of benzene rings is 2. The summed E-state index contributed by atoms with van der Waals surface area (Å²) in [6.45, 7) is 2.33. The van der Waals surface area contributed by atoms with Crippen molar-refractivity contribution in [3.8, 4) is 5.75 Å². The number of amides is 1. The number of rotatable bonds is 7. The van der Waals surface area contributed by atoms with Gasteiger partial charge >= 0.3 is 5.69 Å². The number of carbonyl (C=O) groups excluding carboxylic acids is 1. The lowest BCUT2D eigenvalue weighted by Crippen LogP contribution is -2.42. The van der Waals surface area contributed by atoms with Gasteiger partial charge in [0.05, 0.1) is 17.4 Å². The summed E-state index contributed by atoms with van der Waals surface area (Å²) in [4.78, 5) is 37.4. The highest BCUT2D eigenvalue weighted by Crippen LogP contribution is 2.15. The van der Waals surface area contributed by atoms with E-state index in [1.807, 2.05) is 0 Å². The van der Waals surface area contributed by atoms with Crippen molar-refractivity contribution in [1.29, 1.82) is 0 Å². The van der Waals surface area contributed by atoms with Gasteiger partial charge in [-0.15, -0.1) is 0 Å². The quantitative estimate of drug-likeness (QED) is 0.614. The minimum absolute atomic E-state index is 0.180. The van der Waals surface area contributed by atoms with Crippen LogP contribution in [0.1, 0.15) is 6.92 Å². The minimum Gasteiger partial charge on any atom is -0.492 e. The summed E-state index contributed by atoms with van der Waals surface area (Å²) in [5.41, 5.74) is -0.412. The van der Waals surface area contributed by atoms with E-state index in [1.54, 1.807) is 55.5 Å². The second kappa shape index (κ2) is 8.75. The smallest absolute Gasteiger partial charge is 0.331 e. The third-order valence-corrected chi connectivity index (χ3v) is 4.51. The molecule has 7 nitrogen and oxygen atoms in total. The monoisotopic (exact) mass is 401 g/mol. The molecule has 0 spiro atoms. The van der Waals surface area contributed by atoms with Crippen molar-refractivity contribution in [3.63, 3.8) is 0 Å². The number of carbonyl (C=O) groups is 1. The van der Waals surface area contributed by atoms with Crippen LogP contribution < -0.4 is 21.3 Å². The molecule has 0 unspecified atom stereocenters. The van der Waals surface area contributed by atoms with Gasteiger partial charge in [-0.25, -0.2) is 4.79 Å². The van der Waals surface area contributed by atoms with Gasteiger partial charge in [-0.3, -0.25) is 18.7 Å². The molecule has 1 N–H and O–H groups in total. The van der Waals surface area contributed by atoms with E-state index in [1.165, 1.54) is 4.57 Å². The summed E-state index contributed by atoms with van der Waals surface area (Å²) < 4.78 is 7.96. The minimum atomic E-state index is -0.501. The number of aromatic nitrogens is 2. The number of nitrogens with zero attached hydrogens (tertiary/aromatic N) is 2. The average Bonchev–Trinajstić information content (AvgIpc) is 2.70. The normalized spacial score (nSPS) is 10.8. The molecule has 0 saturated carbocycles.